The molecule has 0 saturated heterocycles. The maximum Gasteiger partial charge on any atom is 0.108 e. The van der Waals surface area contributed by atoms with E-state index in [1.807, 2.05) is 25.1 Å². The van der Waals surface area contributed by atoms with Crippen LogP contribution in [0.25, 0.3) is 0 Å². The first kappa shape index (κ1) is 9.79. The number of pyridine rings is 1. The second-order valence-electron chi connectivity index (χ2n) is 3.34. The van der Waals surface area contributed by atoms with Gasteiger partial charge in [-0.1, -0.05) is 11.3 Å². The molecule has 0 aromatic carbocycles. The number of aromatic nitrogens is 4. The van der Waals surface area contributed by atoms with Crippen LogP contribution in [0, 0.1) is 6.92 Å². The van der Waals surface area contributed by atoms with E-state index in [2.05, 4.69) is 15.3 Å². The fourth-order valence-electron chi connectivity index (χ4n) is 1.34. The van der Waals surface area contributed by atoms with Gasteiger partial charge in [0.1, 0.15) is 5.69 Å². The molecule has 0 aliphatic heterocycles. The molecular weight excluding hydrogens is 192 g/mol. The van der Waals surface area contributed by atoms with Crippen molar-refractivity contribution in [3.63, 3.8) is 0 Å². The van der Waals surface area contributed by atoms with Crippen LogP contribution in [0.3, 0.4) is 0 Å². The molecule has 0 bridgehead atoms. The molecule has 0 aliphatic rings. The van der Waals surface area contributed by atoms with Crippen molar-refractivity contribution in [2.24, 2.45) is 0 Å². The first-order valence-electron chi connectivity index (χ1n) is 4.70. The minimum absolute atomic E-state index is 0.0821. The van der Waals surface area contributed by atoms with E-state index < -0.39 is 0 Å². The smallest absolute Gasteiger partial charge is 0.108 e. The molecule has 5 nitrogen and oxygen atoms in total. The van der Waals surface area contributed by atoms with Crippen molar-refractivity contribution in [1.29, 1.82) is 0 Å². The van der Waals surface area contributed by atoms with Crippen molar-refractivity contribution < 1.29 is 5.11 Å². The number of aliphatic hydroxyl groups is 1. The average molecular weight is 204 g/mol. The van der Waals surface area contributed by atoms with Crippen LogP contribution in [-0.2, 0) is 13.2 Å². The molecule has 2 heterocycles. The Morgan fingerprint density at radius 2 is 2.20 bits per heavy atom. The van der Waals surface area contributed by atoms with Gasteiger partial charge in [0.25, 0.3) is 0 Å². The van der Waals surface area contributed by atoms with E-state index in [9.17, 15) is 0 Å². The van der Waals surface area contributed by atoms with Crippen molar-refractivity contribution in [3.8, 4) is 0 Å². The maximum absolute atomic E-state index is 8.83. The summed E-state index contributed by atoms with van der Waals surface area (Å²) in [5.74, 6) is 0. The Kier molecular flexibility index (Phi) is 2.73. The molecule has 0 atom stereocenters. The first-order chi connectivity index (χ1) is 7.28. The Morgan fingerprint density at radius 1 is 1.33 bits per heavy atom. The highest BCUT2D eigenvalue weighted by molar-refractivity contribution is 5.10. The lowest BCUT2D eigenvalue weighted by molar-refractivity contribution is 0.276. The van der Waals surface area contributed by atoms with Gasteiger partial charge in [-0.05, 0) is 19.1 Å². The molecule has 0 saturated carbocycles. The number of rotatable bonds is 3. The van der Waals surface area contributed by atoms with Crippen molar-refractivity contribution in [1.82, 2.24) is 20.0 Å². The van der Waals surface area contributed by atoms with Crippen LogP contribution in [0.1, 0.15) is 17.1 Å². The van der Waals surface area contributed by atoms with E-state index in [-0.39, 0.29) is 6.61 Å². The maximum atomic E-state index is 8.83. The minimum atomic E-state index is -0.0821. The summed E-state index contributed by atoms with van der Waals surface area (Å²) in [4.78, 5) is 4.35. The van der Waals surface area contributed by atoms with Gasteiger partial charge < -0.3 is 5.11 Å². The standard InChI is InChI=1S/C10H12N4O/c1-8-3-2-4-9(11-8)5-14-6-10(7-15)12-13-14/h2-4,6,15H,5,7H2,1H3. The van der Waals surface area contributed by atoms with Gasteiger partial charge in [-0.25, -0.2) is 4.68 Å². The zero-order valence-corrected chi connectivity index (χ0v) is 8.46. The van der Waals surface area contributed by atoms with Gasteiger partial charge in [0.05, 0.1) is 25.0 Å². The fraction of sp³-hybridized carbons (Fsp3) is 0.300. The quantitative estimate of drug-likeness (QED) is 0.791. The van der Waals surface area contributed by atoms with Gasteiger partial charge in [-0.15, -0.1) is 5.10 Å². The summed E-state index contributed by atoms with van der Waals surface area (Å²) in [6.45, 7) is 2.44. The summed E-state index contributed by atoms with van der Waals surface area (Å²) in [6, 6.07) is 5.85. The van der Waals surface area contributed by atoms with Crippen LogP contribution < -0.4 is 0 Å². The molecule has 0 spiro atoms. The summed E-state index contributed by atoms with van der Waals surface area (Å²) >= 11 is 0. The minimum Gasteiger partial charge on any atom is -0.390 e. The molecule has 2 aromatic rings. The van der Waals surface area contributed by atoms with Gasteiger partial charge in [0.15, 0.2) is 0 Å². The van der Waals surface area contributed by atoms with Gasteiger partial charge in [0, 0.05) is 5.69 Å². The summed E-state index contributed by atoms with van der Waals surface area (Å²) in [6.07, 6.45) is 1.71. The van der Waals surface area contributed by atoms with E-state index in [4.69, 9.17) is 5.11 Å². The summed E-state index contributed by atoms with van der Waals surface area (Å²) < 4.78 is 1.66. The third-order valence-corrected chi connectivity index (χ3v) is 2.02. The molecule has 0 aliphatic carbocycles. The second kappa shape index (κ2) is 4.18. The van der Waals surface area contributed by atoms with Gasteiger partial charge in [-0.3, -0.25) is 4.98 Å². The largest absolute Gasteiger partial charge is 0.390 e. The monoisotopic (exact) mass is 204 g/mol. The van der Waals surface area contributed by atoms with Crippen LogP contribution in [0.2, 0.25) is 0 Å². The molecule has 0 unspecified atom stereocenters. The highest BCUT2D eigenvalue weighted by atomic mass is 16.3. The molecule has 2 aromatic heterocycles. The Morgan fingerprint density at radius 3 is 2.87 bits per heavy atom. The van der Waals surface area contributed by atoms with E-state index in [1.165, 1.54) is 0 Å². The number of aryl methyl sites for hydroxylation is 1. The Bertz CT molecular complexity index is 452. The molecule has 5 heteroatoms. The van der Waals surface area contributed by atoms with Crippen LogP contribution >= 0.6 is 0 Å². The van der Waals surface area contributed by atoms with Crippen molar-refractivity contribution in [2.45, 2.75) is 20.1 Å². The zero-order valence-electron chi connectivity index (χ0n) is 8.46. The summed E-state index contributed by atoms with van der Waals surface area (Å²) in [5, 5.41) is 16.5. The SMILES string of the molecule is Cc1cccc(Cn2cc(CO)nn2)n1. The third-order valence-electron chi connectivity index (χ3n) is 2.02. The predicted octanol–water partition coefficient (Wildman–Crippen LogP) is 0.522. The van der Waals surface area contributed by atoms with E-state index in [1.54, 1.807) is 10.9 Å². The second-order valence-corrected chi connectivity index (χ2v) is 3.34. The Balaban J connectivity index is 2.14. The molecule has 1 N–H and O–H groups in total. The van der Waals surface area contributed by atoms with E-state index in [0.29, 0.717) is 12.2 Å². The topological polar surface area (TPSA) is 63.8 Å². The van der Waals surface area contributed by atoms with Crippen molar-refractivity contribution in [3.05, 3.63) is 41.5 Å². The molecule has 0 radical (unpaired) electrons. The molecule has 78 valence electrons. The molecule has 15 heavy (non-hydrogen) atoms. The number of hydrogen-bond donors (Lipinski definition) is 1. The van der Waals surface area contributed by atoms with Gasteiger partial charge in [-0.2, -0.15) is 0 Å². The highest BCUT2D eigenvalue weighted by Gasteiger charge is 2.01. The first-order valence-corrected chi connectivity index (χ1v) is 4.70. The fourth-order valence-corrected chi connectivity index (χ4v) is 1.34. The molecule has 0 fully saturated rings. The van der Waals surface area contributed by atoms with Gasteiger partial charge >= 0.3 is 0 Å². The normalized spacial score (nSPS) is 10.5. The number of nitrogens with zero attached hydrogens (tertiary/aromatic N) is 4. The van der Waals surface area contributed by atoms with Crippen LogP contribution in [-0.4, -0.2) is 25.1 Å². The van der Waals surface area contributed by atoms with Crippen molar-refractivity contribution in [2.75, 3.05) is 0 Å². The lowest BCUT2D eigenvalue weighted by Crippen LogP contribution is -2.03. The lowest BCUT2D eigenvalue weighted by Gasteiger charge is -2.00. The number of hydrogen-bond acceptors (Lipinski definition) is 4. The molecular formula is C10H12N4O. The number of aliphatic hydroxyl groups excluding tert-OH is 1. The summed E-state index contributed by atoms with van der Waals surface area (Å²) in [7, 11) is 0. The lowest BCUT2D eigenvalue weighted by atomic mass is 10.3. The highest BCUT2D eigenvalue weighted by Crippen LogP contribution is 2.01. The zero-order chi connectivity index (χ0) is 10.7. The Hall–Kier alpha value is -1.75. The average Bonchev–Trinajstić information content (AvgIpc) is 2.65. The van der Waals surface area contributed by atoms with E-state index in [0.717, 1.165) is 11.4 Å². The Labute approximate surface area is 87.4 Å². The van der Waals surface area contributed by atoms with Gasteiger partial charge in [0.2, 0.25) is 0 Å². The van der Waals surface area contributed by atoms with E-state index >= 15 is 0 Å². The van der Waals surface area contributed by atoms with Crippen LogP contribution in [0.4, 0.5) is 0 Å². The van der Waals surface area contributed by atoms with Crippen molar-refractivity contribution >= 4 is 0 Å². The molecule has 2 rings (SSSR count). The van der Waals surface area contributed by atoms with Crippen LogP contribution in [0.5, 0.6) is 0 Å². The molecule has 0 amide bonds. The predicted molar refractivity (Wildman–Crippen MR) is 54.0 cm³/mol. The third kappa shape index (κ3) is 2.38. The summed E-state index contributed by atoms with van der Waals surface area (Å²) in [5.41, 5.74) is 2.49. The van der Waals surface area contributed by atoms with Crippen LogP contribution in [0.15, 0.2) is 24.4 Å².